The van der Waals surface area contributed by atoms with Gasteiger partial charge in [0.2, 0.25) is 0 Å². The second-order valence-electron chi connectivity index (χ2n) is 5.33. The Morgan fingerprint density at radius 2 is 1.37 bits per heavy atom. The monoisotopic (exact) mass is 266 g/mol. The van der Waals surface area contributed by atoms with E-state index < -0.39 is 5.97 Å². The summed E-state index contributed by atoms with van der Waals surface area (Å²) < 4.78 is 27.9. The third-order valence-electron chi connectivity index (χ3n) is 3.54. The lowest BCUT2D eigenvalue weighted by atomic mass is 9.91. The summed E-state index contributed by atoms with van der Waals surface area (Å²) in [7, 11) is 3.22. The van der Waals surface area contributed by atoms with Gasteiger partial charge in [0.15, 0.2) is 0 Å². The van der Waals surface area contributed by atoms with Crippen molar-refractivity contribution < 1.29 is 23.7 Å². The smallest absolute Gasteiger partial charge is 0.312 e. The standard InChI is InChI=1S/C14H18O5/c1-13-7-17-14(18-8-13,19-9-13)10-4-11(15-2)6-12(5-10)16-3/h4-6H,7-9H2,1-3H3. The number of fused-ring (bicyclic) bond motifs is 3. The number of hydrogen-bond donors (Lipinski definition) is 0. The van der Waals surface area contributed by atoms with Crippen LogP contribution in [-0.2, 0) is 20.2 Å². The van der Waals surface area contributed by atoms with E-state index in [4.69, 9.17) is 23.7 Å². The second kappa shape index (κ2) is 4.37. The maximum Gasteiger partial charge on any atom is 0.312 e. The fraction of sp³-hybridized carbons (Fsp3) is 0.571. The Morgan fingerprint density at radius 1 is 0.895 bits per heavy atom. The summed E-state index contributed by atoms with van der Waals surface area (Å²) in [5, 5.41) is 0. The maximum atomic E-state index is 5.80. The molecule has 0 unspecified atom stereocenters. The van der Waals surface area contributed by atoms with Crippen molar-refractivity contribution in [2.45, 2.75) is 12.9 Å². The van der Waals surface area contributed by atoms with Gasteiger partial charge in [0.05, 0.1) is 34.0 Å². The highest BCUT2D eigenvalue weighted by Gasteiger charge is 2.51. The molecule has 0 amide bonds. The molecule has 0 atom stereocenters. The van der Waals surface area contributed by atoms with Gasteiger partial charge < -0.3 is 23.7 Å². The fourth-order valence-electron chi connectivity index (χ4n) is 2.29. The lowest BCUT2D eigenvalue weighted by Crippen LogP contribution is -2.57. The highest BCUT2D eigenvalue weighted by Crippen LogP contribution is 2.45. The van der Waals surface area contributed by atoms with Crippen LogP contribution in [0.25, 0.3) is 0 Å². The summed E-state index contributed by atoms with van der Waals surface area (Å²) in [4.78, 5) is 0. The van der Waals surface area contributed by atoms with Gasteiger partial charge in [-0.25, -0.2) is 0 Å². The van der Waals surface area contributed by atoms with Crippen molar-refractivity contribution in [1.82, 2.24) is 0 Å². The Balaban J connectivity index is 1.97. The molecule has 2 bridgehead atoms. The summed E-state index contributed by atoms with van der Waals surface area (Å²) in [6.07, 6.45) is 0. The van der Waals surface area contributed by atoms with Gasteiger partial charge >= 0.3 is 5.97 Å². The first-order valence-electron chi connectivity index (χ1n) is 6.25. The minimum absolute atomic E-state index is 0.0509. The molecule has 3 fully saturated rings. The zero-order valence-electron chi connectivity index (χ0n) is 11.4. The van der Waals surface area contributed by atoms with Gasteiger partial charge in [-0.1, -0.05) is 6.92 Å². The highest BCUT2D eigenvalue weighted by molar-refractivity contribution is 5.40. The molecule has 5 nitrogen and oxygen atoms in total. The summed E-state index contributed by atoms with van der Waals surface area (Å²) in [6, 6.07) is 5.49. The SMILES string of the molecule is COc1cc(OC)cc(C23OCC(C)(CO2)CO3)c1. The Kier molecular flexibility index (Phi) is 2.92. The van der Waals surface area contributed by atoms with Crippen molar-refractivity contribution in [2.75, 3.05) is 34.0 Å². The molecule has 3 aliphatic rings. The third-order valence-corrected chi connectivity index (χ3v) is 3.54. The van der Waals surface area contributed by atoms with Gasteiger partial charge in [0.25, 0.3) is 0 Å². The van der Waals surface area contributed by atoms with Crippen LogP contribution in [0, 0.1) is 5.41 Å². The summed E-state index contributed by atoms with van der Waals surface area (Å²) >= 11 is 0. The first-order chi connectivity index (χ1) is 9.09. The molecule has 0 N–H and O–H groups in total. The van der Waals surface area contributed by atoms with E-state index in [-0.39, 0.29) is 5.41 Å². The molecule has 3 aliphatic heterocycles. The molecule has 0 saturated carbocycles. The van der Waals surface area contributed by atoms with Crippen LogP contribution < -0.4 is 9.47 Å². The predicted octanol–water partition coefficient (Wildman–Crippen LogP) is 1.90. The summed E-state index contributed by atoms with van der Waals surface area (Å²) in [5.41, 5.74) is 0.704. The van der Waals surface area contributed by atoms with Crippen molar-refractivity contribution in [2.24, 2.45) is 5.41 Å². The van der Waals surface area contributed by atoms with Crippen molar-refractivity contribution in [1.29, 1.82) is 0 Å². The van der Waals surface area contributed by atoms with E-state index in [1.807, 2.05) is 12.1 Å². The van der Waals surface area contributed by atoms with Crippen molar-refractivity contribution in [3.05, 3.63) is 23.8 Å². The molecule has 19 heavy (non-hydrogen) atoms. The van der Waals surface area contributed by atoms with E-state index in [1.165, 1.54) is 0 Å². The Labute approximate surface area is 112 Å². The van der Waals surface area contributed by atoms with Gasteiger partial charge in [-0.15, -0.1) is 0 Å². The summed E-state index contributed by atoms with van der Waals surface area (Å²) in [6.45, 7) is 3.94. The minimum Gasteiger partial charge on any atom is -0.497 e. The number of hydrogen-bond acceptors (Lipinski definition) is 5. The molecule has 3 heterocycles. The van der Waals surface area contributed by atoms with E-state index in [1.54, 1.807) is 20.3 Å². The molecule has 104 valence electrons. The molecule has 4 rings (SSSR count). The van der Waals surface area contributed by atoms with Crippen LogP contribution in [0.2, 0.25) is 0 Å². The minimum atomic E-state index is -1.13. The molecule has 0 radical (unpaired) electrons. The topological polar surface area (TPSA) is 46.2 Å². The highest BCUT2D eigenvalue weighted by atomic mass is 16.9. The summed E-state index contributed by atoms with van der Waals surface area (Å²) in [5.74, 6) is 0.233. The van der Waals surface area contributed by atoms with Gasteiger partial charge in [0, 0.05) is 17.0 Å². The number of rotatable bonds is 3. The van der Waals surface area contributed by atoms with Gasteiger partial charge in [-0.05, 0) is 12.1 Å². The van der Waals surface area contributed by atoms with Crippen LogP contribution in [0.1, 0.15) is 12.5 Å². The van der Waals surface area contributed by atoms with E-state index >= 15 is 0 Å². The van der Waals surface area contributed by atoms with Crippen LogP contribution in [0.15, 0.2) is 18.2 Å². The van der Waals surface area contributed by atoms with E-state index in [0.717, 1.165) is 5.56 Å². The van der Waals surface area contributed by atoms with Gasteiger partial charge in [-0.3, -0.25) is 0 Å². The molecule has 3 saturated heterocycles. The van der Waals surface area contributed by atoms with E-state index in [9.17, 15) is 0 Å². The van der Waals surface area contributed by atoms with Crippen LogP contribution in [0.4, 0.5) is 0 Å². The van der Waals surface area contributed by atoms with Crippen LogP contribution in [-0.4, -0.2) is 34.0 Å². The number of ether oxygens (including phenoxy) is 5. The van der Waals surface area contributed by atoms with Gasteiger partial charge in [-0.2, -0.15) is 0 Å². The van der Waals surface area contributed by atoms with Crippen LogP contribution >= 0.6 is 0 Å². The third kappa shape index (κ3) is 2.08. The molecule has 0 spiro atoms. The first kappa shape index (κ1) is 12.7. The molecule has 0 aromatic heterocycles. The Bertz CT molecular complexity index is 438. The second-order valence-corrected chi connectivity index (χ2v) is 5.33. The lowest BCUT2D eigenvalue weighted by Gasteiger charge is -2.50. The zero-order chi connectivity index (χ0) is 13.5. The van der Waals surface area contributed by atoms with E-state index in [0.29, 0.717) is 31.3 Å². The van der Waals surface area contributed by atoms with Crippen molar-refractivity contribution in [3.63, 3.8) is 0 Å². The predicted molar refractivity (Wildman–Crippen MR) is 67.2 cm³/mol. The quantitative estimate of drug-likeness (QED) is 0.836. The largest absolute Gasteiger partial charge is 0.497 e. The van der Waals surface area contributed by atoms with Gasteiger partial charge in [0.1, 0.15) is 11.5 Å². The zero-order valence-corrected chi connectivity index (χ0v) is 11.4. The molecule has 5 heteroatoms. The molecular formula is C14H18O5. The number of methoxy groups -OCH3 is 2. The number of benzene rings is 1. The average Bonchev–Trinajstić information content (AvgIpc) is 2.48. The molecule has 0 aliphatic carbocycles. The van der Waals surface area contributed by atoms with Crippen LogP contribution in [0.3, 0.4) is 0 Å². The average molecular weight is 266 g/mol. The van der Waals surface area contributed by atoms with Crippen molar-refractivity contribution in [3.8, 4) is 11.5 Å². The fourth-order valence-corrected chi connectivity index (χ4v) is 2.29. The maximum absolute atomic E-state index is 5.80. The lowest BCUT2D eigenvalue weighted by molar-refractivity contribution is -0.477. The Morgan fingerprint density at radius 3 is 1.79 bits per heavy atom. The van der Waals surface area contributed by atoms with E-state index in [2.05, 4.69) is 6.92 Å². The molecule has 1 aromatic carbocycles. The molecule has 1 aromatic rings. The van der Waals surface area contributed by atoms with Crippen LogP contribution in [0.5, 0.6) is 11.5 Å². The normalized spacial score (nSPS) is 33.2. The first-order valence-corrected chi connectivity index (χ1v) is 6.25. The Hall–Kier alpha value is -1.30. The van der Waals surface area contributed by atoms with Crippen molar-refractivity contribution >= 4 is 0 Å². The molecular weight excluding hydrogens is 248 g/mol.